The standard InChI is InChI=1S/C4H13NO3Si.CH4/c1-8-9(6,7)4-2-3-5;/h6-7H,2-5H2,1H3;1H4. The first kappa shape index (κ1) is 12.7. The van der Waals surface area contributed by atoms with Crippen LogP contribution in [-0.2, 0) is 4.43 Å². The number of nitrogens with two attached hydrogens (primary N) is 1. The van der Waals surface area contributed by atoms with Crippen molar-refractivity contribution in [3.05, 3.63) is 0 Å². The van der Waals surface area contributed by atoms with Crippen LogP contribution in [0.1, 0.15) is 13.8 Å². The molecule has 0 radical (unpaired) electrons. The molecular formula is C5H17NO3Si. The van der Waals surface area contributed by atoms with Gasteiger partial charge in [0.05, 0.1) is 0 Å². The minimum absolute atomic E-state index is 0. The average molecular weight is 167 g/mol. The maximum Gasteiger partial charge on any atom is 0.495 e. The van der Waals surface area contributed by atoms with Gasteiger partial charge in [0, 0.05) is 13.2 Å². The lowest BCUT2D eigenvalue weighted by Crippen LogP contribution is -2.37. The number of hydrogen-bond acceptors (Lipinski definition) is 4. The maximum absolute atomic E-state index is 8.87. The van der Waals surface area contributed by atoms with Crippen LogP contribution in [0.25, 0.3) is 0 Å². The second-order valence-corrected chi connectivity index (χ2v) is 4.23. The van der Waals surface area contributed by atoms with Gasteiger partial charge < -0.3 is 19.8 Å². The van der Waals surface area contributed by atoms with E-state index in [4.69, 9.17) is 15.3 Å². The highest BCUT2D eigenvalue weighted by molar-refractivity contribution is 6.57. The van der Waals surface area contributed by atoms with Gasteiger partial charge in [-0.15, -0.1) is 0 Å². The molecule has 4 nitrogen and oxygen atoms in total. The monoisotopic (exact) mass is 167 g/mol. The summed E-state index contributed by atoms with van der Waals surface area (Å²) in [7, 11) is -1.98. The third-order valence-corrected chi connectivity index (χ3v) is 2.69. The van der Waals surface area contributed by atoms with Crippen LogP contribution in [0.5, 0.6) is 0 Å². The van der Waals surface area contributed by atoms with Crippen molar-refractivity contribution in [3.8, 4) is 0 Å². The van der Waals surface area contributed by atoms with E-state index >= 15 is 0 Å². The Balaban J connectivity index is 0. The van der Waals surface area contributed by atoms with E-state index < -0.39 is 8.80 Å². The van der Waals surface area contributed by atoms with Gasteiger partial charge in [-0.3, -0.25) is 0 Å². The zero-order chi connectivity index (χ0) is 7.33. The highest BCUT2D eigenvalue weighted by Gasteiger charge is 2.28. The summed E-state index contributed by atoms with van der Waals surface area (Å²) < 4.78 is 4.43. The normalized spacial score (nSPS) is 10.8. The van der Waals surface area contributed by atoms with Crippen molar-refractivity contribution in [1.82, 2.24) is 0 Å². The van der Waals surface area contributed by atoms with Crippen LogP contribution in [0.2, 0.25) is 6.04 Å². The van der Waals surface area contributed by atoms with E-state index in [1.54, 1.807) is 0 Å². The quantitative estimate of drug-likeness (QED) is 0.495. The van der Waals surface area contributed by atoms with Crippen LogP contribution in [0.15, 0.2) is 0 Å². The zero-order valence-corrected chi connectivity index (χ0v) is 6.50. The van der Waals surface area contributed by atoms with Crippen molar-refractivity contribution in [1.29, 1.82) is 0 Å². The third-order valence-electron chi connectivity index (χ3n) is 1.03. The molecule has 0 saturated carbocycles. The van der Waals surface area contributed by atoms with Gasteiger partial charge in [0.2, 0.25) is 0 Å². The van der Waals surface area contributed by atoms with E-state index in [0.29, 0.717) is 19.0 Å². The van der Waals surface area contributed by atoms with E-state index in [-0.39, 0.29) is 7.43 Å². The molecule has 0 atom stereocenters. The molecule has 0 aromatic heterocycles. The van der Waals surface area contributed by atoms with Gasteiger partial charge in [0.1, 0.15) is 0 Å². The first-order valence-corrected chi connectivity index (χ1v) is 4.83. The van der Waals surface area contributed by atoms with Crippen LogP contribution < -0.4 is 5.73 Å². The molecule has 0 spiro atoms. The van der Waals surface area contributed by atoms with Gasteiger partial charge in [-0.2, -0.15) is 0 Å². The van der Waals surface area contributed by atoms with Crippen molar-refractivity contribution in [2.75, 3.05) is 13.7 Å². The Bertz CT molecular complexity index is 79.3. The summed E-state index contributed by atoms with van der Waals surface area (Å²) >= 11 is 0. The molecule has 4 N–H and O–H groups in total. The lowest BCUT2D eigenvalue weighted by molar-refractivity contribution is 0.184. The first-order valence-electron chi connectivity index (χ1n) is 2.82. The van der Waals surface area contributed by atoms with E-state index in [2.05, 4.69) is 4.43 Å². The molecule has 5 heteroatoms. The van der Waals surface area contributed by atoms with E-state index in [1.165, 1.54) is 7.11 Å². The third kappa shape index (κ3) is 6.18. The molecule has 0 fully saturated rings. The maximum atomic E-state index is 8.87. The summed E-state index contributed by atoms with van der Waals surface area (Å²) in [5.74, 6) is 0. The molecule has 0 aliphatic heterocycles. The summed E-state index contributed by atoms with van der Waals surface area (Å²) in [5.41, 5.74) is 5.13. The van der Waals surface area contributed by atoms with Crippen molar-refractivity contribution < 1.29 is 14.0 Å². The van der Waals surface area contributed by atoms with Crippen molar-refractivity contribution >= 4 is 8.80 Å². The summed E-state index contributed by atoms with van der Waals surface area (Å²) in [6, 6.07) is 0.292. The Morgan fingerprint density at radius 2 is 2.00 bits per heavy atom. The van der Waals surface area contributed by atoms with Crippen molar-refractivity contribution in [2.45, 2.75) is 19.9 Å². The Morgan fingerprint density at radius 3 is 2.30 bits per heavy atom. The zero-order valence-electron chi connectivity index (χ0n) is 5.50. The molecule has 0 unspecified atom stereocenters. The molecule has 64 valence electrons. The van der Waals surface area contributed by atoms with Gasteiger partial charge >= 0.3 is 8.80 Å². The molecule has 0 aromatic rings. The molecular weight excluding hydrogens is 150 g/mol. The minimum atomic E-state index is -3.28. The lowest BCUT2D eigenvalue weighted by atomic mass is 10.5. The summed E-state index contributed by atoms with van der Waals surface area (Å²) in [4.78, 5) is 17.7. The van der Waals surface area contributed by atoms with E-state index in [0.717, 1.165) is 0 Å². The van der Waals surface area contributed by atoms with Gasteiger partial charge in [0.25, 0.3) is 0 Å². The molecule has 0 aromatic carbocycles. The average Bonchev–Trinajstić information content (AvgIpc) is 1.84. The SMILES string of the molecule is C.CO[Si](O)(O)CCCN. The highest BCUT2D eigenvalue weighted by atomic mass is 28.4. The Hall–Kier alpha value is 0.0569. The number of hydrogen-bond donors (Lipinski definition) is 3. The summed E-state index contributed by atoms with van der Waals surface area (Å²) in [6.45, 7) is 0.471. The predicted molar refractivity (Wildman–Crippen MR) is 42.4 cm³/mol. The molecule has 0 heterocycles. The van der Waals surface area contributed by atoms with Crippen molar-refractivity contribution in [2.24, 2.45) is 5.73 Å². The molecule has 0 amide bonds. The molecule has 0 aliphatic carbocycles. The second kappa shape index (κ2) is 5.81. The van der Waals surface area contributed by atoms with Gasteiger partial charge in [-0.1, -0.05) is 7.43 Å². The smallest absolute Gasteiger partial charge is 0.390 e. The molecule has 0 aliphatic rings. The van der Waals surface area contributed by atoms with E-state index in [1.807, 2.05) is 0 Å². The van der Waals surface area contributed by atoms with Crippen LogP contribution in [0, 0.1) is 0 Å². The van der Waals surface area contributed by atoms with Gasteiger partial charge in [0.15, 0.2) is 0 Å². The highest BCUT2D eigenvalue weighted by Crippen LogP contribution is 2.03. The van der Waals surface area contributed by atoms with Crippen molar-refractivity contribution in [3.63, 3.8) is 0 Å². The van der Waals surface area contributed by atoms with Crippen LogP contribution in [0.4, 0.5) is 0 Å². The largest absolute Gasteiger partial charge is 0.495 e. The van der Waals surface area contributed by atoms with Crippen LogP contribution in [0.3, 0.4) is 0 Å². The first-order chi connectivity index (χ1) is 4.12. The number of rotatable bonds is 4. The molecule has 0 rings (SSSR count). The molecule has 0 saturated heterocycles. The fourth-order valence-corrected chi connectivity index (χ4v) is 1.30. The minimum Gasteiger partial charge on any atom is -0.390 e. The summed E-state index contributed by atoms with van der Waals surface area (Å²) in [5, 5.41) is 0. The molecule has 10 heavy (non-hydrogen) atoms. The van der Waals surface area contributed by atoms with Gasteiger partial charge in [-0.25, -0.2) is 0 Å². The van der Waals surface area contributed by atoms with Crippen LogP contribution >= 0.6 is 0 Å². The Kier molecular flexibility index (Phi) is 7.39. The lowest BCUT2D eigenvalue weighted by Gasteiger charge is -2.12. The van der Waals surface area contributed by atoms with Gasteiger partial charge in [-0.05, 0) is 13.0 Å². The molecule has 0 bridgehead atoms. The fraction of sp³-hybridized carbons (Fsp3) is 1.00. The summed E-state index contributed by atoms with van der Waals surface area (Å²) in [6.07, 6.45) is 0.604. The Labute approximate surface area is 63.0 Å². The second-order valence-electron chi connectivity index (χ2n) is 1.84. The predicted octanol–water partition coefficient (Wildman–Crippen LogP) is -0.459. The Morgan fingerprint density at radius 1 is 1.50 bits per heavy atom. The topological polar surface area (TPSA) is 75.7 Å². The van der Waals surface area contributed by atoms with Crippen LogP contribution in [-0.4, -0.2) is 32.1 Å². The fourth-order valence-electron chi connectivity index (χ4n) is 0.434. The van der Waals surface area contributed by atoms with E-state index in [9.17, 15) is 0 Å².